The van der Waals surface area contributed by atoms with E-state index in [1.807, 2.05) is 0 Å². The van der Waals surface area contributed by atoms with Gasteiger partial charge in [0.25, 0.3) is 0 Å². The van der Waals surface area contributed by atoms with Gasteiger partial charge in [-0.3, -0.25) is 4.79 Å². The molecule has 5 heteroatoms. The molecule has 0 aromatic carbocycles. The first-order valence-electron chi connectivity index (χ1n) is 10.2. The maximum Gasteiger partial charge on any atom is 0.330 e. The summed E-state index contributed by atoms with van der Waals surface area (Å²) in [6.45, 7) is 8.38. The quantitative estimate of drug-likeness (QED) is 0.281. The van der Waals surface area contributed by atoms with Crippen LogP contribution in [0.3, 0.4) is 0 Å². The first kappa shape index (κ1) is 22.4. The molecule has 0 amide bonds. The van der Waals surface area contributed by atoms with Crippen LogP contribution in [0.15, 0.2) is 23.8 Å². The number of rotatable bonds is 7. The van der Waals surface area contributed by atoms with Gasteiger partial charge in [0, 0.05) is 18.9 Å². The van der Waals surface area contributed by atoms with Crippen molar-refractivity contribution in [2.45, 2.75) is 59.8 Å². The molecule has 1 saturated carbocycles. The Morgan fingerprint density at radius 2 is 1.89 bits per heavy atom. The predicted octanol–water partition coefficient (Wildman–Crippen LogP) is 4.26. The lowest BCUT2D eigenvalue weighted by atomic mass is 9.48. The molecule has 1 fully saturated rings. The molecule has 28 heavy (non-hydrogen) atoms. The third kappa shape index (κ3) is 4.92. The Labute approximate surface area is 168 Å². The van der Waals surface area contributed by atoms with Crippen molar-refractivity contribution in [3.05, 3.63) is 23.8 Å². The summed E-state index contributed by atoms with van der Waals surface area (Å²) in [7, 11) is 1.33. The van der Waals surface area contributed by atoms with Crippen molar-refractivity contribution in [3.63, 3.8) is 0 Å². The van der Waals surface area contributed by atoms with Crippen molar-refractivity contribution in [2.24, 2.45) is 28.6 Å². The zero-order valence-electron chi connectivity index (χ0n) is 17.8. The molecule has 5 nitrogen and oxygen atoms in total. The molecule has 2 rings (SSSR count). The van der Waals surface area contributed by atoms with Gasteiger partial charge in [0.15, 0.2) is 0 Å². The highest BCUT2D eigenvalue weighted by atomic mass is 16.5. The SMILES string of the molecule is COC(=O)C=C(CCC1C(C=O)C=CC2C(C)(C)CCCC12C)COC(C)=O. The van der Waals surface area contributed by atoms with E-state index in [2.05, 4.69) is 32.9 Å². The minimum atomic E-state index is -0.458. The molecule has 2 aliphatic carbocycles. The third-order valence-electron chi connectivity index (χ3n) is 6.84. The fourth-order valence-electron chi connectivity index (χ4n) is 5.45. The van der Waals surface area contributed by atoms with Crippen LogP contribution in [0, 0.1) is 28.6 Å². The largest absolute Gasteiger partial charge is 0.466 e. The maximum absolute atomic E-state index is 11.8. The monoisotopic (exact) mass is 390 g/mol. The van der Waals surface area contributed by atoms with Crippen molar-refractivity contribution in [1.82, 2.24) is 0 Å². The lowest BCUT2D eigenvalue weighted by Gasteiger charge is -2.56. The van der Waals surface area contributed by atoms with Crippen LogP contribution in [0.1, 0.15) is 59.8 Å². The van der Waals surface area contributed by atoms with Gasteiger partial charge in [-0.25, -0.2) is 4.79 Å². The molecular formula is C23H34O5. The van der Waals surface area contributed by atoms with Gasteiger partial charge in [0.05, 0.1) is 7.11 Å². The highest BCUT2D eigenvalue weighted by Crippen LogP contribution is 2.59. The molecular weight excluding hydrogens is 356 g/mol. The van der Waals surface area contributed by atoms with Crippen molar-refractivity contribution in [3.8, 4) is 0 Å². The predicted molar refractivity (Wildman–Crippen MR) is 107 cm³/mol. The van der Waals surface area contributed by atoms with Crippen LogP contribution >= 0.6 is 0 Å². The molecule has 0 bridgehead atoms. The number of ether oxygens (including phenoxy) is 2. The van der Waals surface area contributed by atoms with Crippen molar-refractivity contribution in [1.29, 1.82) is 0 Å². The maximum atomic E-state index is 11.8. The number of aldehydes is 1. The number of esters is 2. The Morgan fingerprint density at radius 1 is 1.18 bits per heavy atom. The summed E-state index contributed by atoms with van der Waals surface area (Å²) >= 11 is 0. The normalized spacial score (nSPS) is 31.6. The van der Waals surface area contributed by atoms with Crippen LogP contribution in [0.5, 0.6) is 0 Å². The molecule has 0 radical (unpaired) electrons. The lowest BCUT2D eigenvalue weighted by molar-refractivity contribution is -0.140. The summed E-state index contributed by atoms with van der Waals surface area (Å²) in [6.07, 6.45) is 11.6. The van der Waals surface area contributed by atoms with E-state index >= 15 is 0 Å². The second-order valence-electron chi connectivity index (χ2n) is 9.18. The van der Waals surface area contributed by atoms with Gasteiger partial charge in [0.2, 0.25) is 0 Å². The van der Waals surface area contributed by atoms with Crippen LogP contribution in [0.25, 0.3) is 0 Å². The number of fused-ring (bicyclic) bond motifs is 1. The zero-order valence-corrected chi connectivity index (χ0v) is 17.8. The fraction of sp³-hybridized carbons (Fsp3) is 0.696. The van der Waals surface area contributed by atoms with E-state index in [1.54, 1.807) is 0 Å². The molecule has 0 aromatic rings. The molecule has 2 aliphatic rings. The Bertz CT molecular complexity index is 660. The second kappa shape index (κ2) is 9.06. The van der Waals surface area contributed by atoms with Gasteiger partial charge in [-0.15, -0.1) is 0 Å². The van der Waals surface area contributed by atoms with E-state index in [0.29, 0.717) is 12.3 Å². The third-order valence-corrected chi connectivity index (χ3v) is 6.84. The summed E-state index contributed by atoms with van der Waals surface area (Å²) in [5.41, 5.74) is 0.967. The first-order chi connectivity index (χ1) is 13.1. The van der Waals surface area contributed by atoms with Crippen LogP contribution < -0.4 is 0 Å². The van der Waals surface area contributed by atoms with Crippen LogP contribution in [-0.4, -0.2) is 31.9 Å². The van der Waals surface area contributed by atoms with Crippen molar-refractivity contribution < 1.29 is 23.9 Å². The van der Waals surface area contributed by atoms with E-state index in [-0.39, 0.29) is 35.2 Å². The molecule has 0 aromatic heterocycles. The van der Waals surface area contributed by atoms with Crippen molar-refractivity contribution in [2.75, 3.05) is 13.7 Å². The molecule has 156 valence electrons. The number of carbonyl (C=O) groups is 3. The van der Waals surface area contributed by atoms with Crippen molar-refractivity contribution >= 4 is 18.2 Å². The number of allylic oxidation sites excluding steroid dienone is 2. The summed E-state index contributed by atoms with van der Waals surface area (Å²) in [6, 6.07) is 0. The minimum Gasteiger partial charge on any atom is -0.466 e. The molecule has 4 unspecified atom stereocenters. The Hall–Kier alpha value is -1.91. The molecule has 0 spiro atoms. The second-order valence-corrected chi connectivity index (χ2v) is 9.18. The zero-order chi connectivity index (χ0) is 20.9. The standard InChI is InChI=1S/C23H34O5/c1-16(25)28-15-17(13-21(26)27-5)7-9-19-18(14-24)8-10-20-22(2,3)11-6-12-23(19,20)4/h8,10,13-14,18-20H,6-7,9,11-12,15H2,1-5H3. The lowest BCUT2D eigenvalue weighted by Crippen LogP contribution is -2.49. The fourth-order valence-corrected chi connectivity index (χ4v) is 5.45. The average molecular weight is 391 g/mol. The van der Waals surface area contributed by atoms with E-state index in [0.717, 1.165) is 31.1 Å². The number of hydrogen-bond donors (Lipinski definition) is 0. The summed E-state index contributed by atoms with van der Waals surface area (Å²) in [4.78, 5) is 34.7. The Morgan fingerprint density at radius 3 is 2.50 bits per heavy atom. The van der Waals surface area contributed by atoms with Gasteiger partial charge in [-0.2, -0.15) is 0 Å². The molecule has 0 N–H and O–H groups in total. The van der Waals surface area contributed by atoms with E-state index in [1.165, 1.54) is 26.5 Å². The Kier molecular flexibility index (Phi) is 7.24. The van der Waals surface area contributed by atoms with Crippen LogP contribution in [0.4, 0.5) is 0 Å². The minimum absolute atomic E-state index is 0.0416. The van der Waals surface area contributed by atoms with Gasteiger partial charge >= 0.3 is 11.9 Å². The topological polar surface area (TPSA) is 69.7 Å². The number of methoxy groups -OCH3 is 1. The average Bonchev–Trinajstić information content (AvgIpc) is 2.62. The molecule has 0 aliphatic heterocycles. The highest BCUT2D eigenvalue weighted by Gasteiger charge is 2.52. The summed E-state index contributed by atoms with van der Waals surface area (Å²) in [5, 5.41) is 0. The van der Waals surface area contributed by atoms with Gasteiger partial charge in [0.1, 0.15) is 12.9 Å². The van der Waals surface area contributed by atoms with E-state index in [4.69, 9.17) is 9.47 Å². The Balaban J connectivity index is 2.23. The summed E-state index contributed by atoms with van der Waals surface area (Å²) in [5.74, 6) is -0.346. The first-order valence-corrected chi connectivity index (χ1v) is 10.2. The van der Waals surface area contributed by atoms with E-state index < -0.39 is 5.97 Å². The van der Waals surface area contributed by atoms with Gasteiger partial charge in [-0.1, -0.05) is 39.3 Å². The van der Waals surface area contributed by atoms with Gasteiger partial charge in [-0.05, 0) is 53.9 Å². The van der Waals surface area contributed by atoms with Crippen LogP contribution in [-0.2, 0) is 23.9 Å². The molecule has 0 saturated heterocycles. The molecule has 0 heterocycles. The number of hydrogen-bond acceptors (Lipinski definition) is 5. The summed E-state index contributed by atoms with van der Waals surface area (Å²) < 4.78 is 9.84. The number of carbonyl (C=O) groups excluding carboxylic acids is 3. The highest BCUT2D eigenvalue weighted by molar-refractivity contribution is 5.82. The smallest absolute Gasteiger partial charge is 0.330 e. The van der Waals surface area contributed by atoms with Gasteiger partial charge < -0.3 is 14.3 Å². The van der Waals surface area contributed by atoms with E-state index in [9.17, 15) is 14.4 Å². The molecule has 4 atom stereocenters. The van der Waals surface area contributed by atoms with Crippen LogP contribution in [0.2, 0.25) is 0 Å².